The Balaban J connectivity index is 1.69. The summed E-state index contributed by atoms with van der Waals surface area (Å²) in [5.74, 6) is 0.613. The van der Waals surface area contributed by atoms with Crippen LogP contribution in [0.4, 0.5) is 5.69 Å². The van der Waals surface area contributed by atoms with E-state index in [0.717, 1.165) is 29.9 Å². The molecule has 2 N–H and O–H groups in total. The Morgan fingerprint density at radius 1 is 1.50 bits per heavy atom. The van der Waals surface area contributed by atoms with Crippen molar-refractivity contribution >= 4 is 11.6 Å². The van der Waals surface area contributed by atoms with Crippen LogP contribution in [-0.2, 0) is 11.3 Å². The van der Waals surface area contributed by atoms with Crippen LogP contribution in [0.1, 0.15) is 29.4 Å². The van der Waals surface area contributed by atoms with Crippen LogP contribution in [-0.4, -0.2) is 17.6 Å². The fourth-order valence-electron chi connectivity index (χ4n) is 2.54. The number of nitrogens with one attached hydrogen (secondary N) is 2. The molecule has 104 valence electrons. The fraction of sp³-hybridized carbons (Fsp3) is 0.333. The number of fused-ring (bicyclic) bond motifs is 1. The van der Waals surface area contributed by atoms with Crippen LogP contribution in [0.15, 0.2) is 34.9 Å². The van der Waals surface area contributed by atoms with Crippen molar-refractivity contribution in [3.8, 4) is 0 Å². The van der Waals surface area contributed by atoms with E-state index in [1.54, 1.807) is 0 Å². The number of hydrogen-bond donors (Lipinski definition) is 2. The molecule has 0 saturated heterocycles. The van der Waals surface area contributed by atoms with Crippen LogP contribution in [0.5, 0.6) is 0 Å². The molecular weight excluding hydrogens is 254 g/mol. The predicted octanol–water partition coefficient (Wildman–Crippen LogP) is 2.20. The molecule has 0 aliphatic carbocycles. The first-order valence-corrected chi connectivity index (χ1v) is 6.77. The molecule has 20 heavy (non-hydrogen) atoms. The Bertz CT molecular complexity index is 621. The molecule has 2 heterocycles. The second-order valence-electron chi connectivity index (χ2n) is 5.01. The second-order valence-corrected chi connectivity index (χ2v) is 5.01. The van der Waals surface area contributed by atoms with Crippen LogP contribution in [0.25, 0.3) is 0 Å². The monoisotopic (exact) mass is 271 g/mol. The summed E-state index contributed by atoms with van der Waals surface area (Å²) in [7, 11) is 0. The molecular formula is C15H17N3O2. The Morgan fingerprint density at radius 3 is 3.15 bits per heavy atom. The molecule has 0 spiro atoms. The molecule has 0 fully saturated rings. The summed E-state index contributed by atoms with van der Waals surface area (Å²) in [5, 5.41) is 10.0. The highest BCUT2D eigenvalue weighted by molar-refractivity contribution is 5.86. The summed E-state index contributed by atoms with van der Waals surface area (Å²) < 4.78 is 5.09. The Hall–Kier alpha value is -2.30. The minimum atomic E-state index is -0.100. The molecule has 0 radical (unpaired) electrons. The molecule has 1 unspecified atom stereocenters. The van der Waals surface area contributed by atoms with Gasteiger partial charge in [-0.3, -0.25) is 4.79 Å². The van der Waals surface area contributed by atoms with Gasteiger partial charge in [-0.15, -0.1) is 0 Å². The van der Waals surface area contributed by atoms with E-state index in [9.17, 15) is 4.79 Å². The number of para-hydroxylation sites is 1. The number of carbonyl (C=O) groups excluding carboxylic acids is 1. The van der Waals surface area contributed by atoms with Gasteiger partial charge >= 0.3 is 0 Å². The second kappa shape index (κ2) is 5.36. The molecule has 1 aliphatic rings. The van der Waals surface area contributed by atoms with Crippen LogP contribution >= 0.6 is 0 Å². The Labute approximate surface area is 117 Å². The summed E-state index contributed by atoms with van der Waals surface area (Å²) >= 11 is 0. The lowest BCUT2D eigenvalue weighted by Crippen LogP contribution is -2.32. The van der Waals surface area contributed by atoms with Gasteiger partial charge in [-0.1, -0.05) is 23.4 Å². The first kappa shape index (κ1) is 12.7. The highest BCUT2D eigenvalue weighted by Gasteiger charge is 2.25. The zero-order chi connectivity index (χ0) is 13.9. The van der Waals surface area contributed by atoms with Crippen molar-refractivity contribution in [3.63, 3.8) is 0 Å². The van der Waals surface area contributed by atoms with Gasteiger partial charge < -0.3 is 15.2 Å². The Kier molecular flexibility index (Phi) is 3.41. The van der Waals surface area contributed by atoms with E-state index in [4.69, 9.17) is 4.52 Å². The molecule has 3 rings (SSSR count). The molecule has 5 heteroatoms. The molecule has 0 saturated carbocycles. The van der Waals surface area contributed by atoms with Crippen molar-refractivity contribution in [1.82, 2.24) is 10.5 Å². The number of carbonyl (C=O) groups is 1. The van der Waals surface area contributed by atoms with Crippen molar-refractivity contribution in [2.75, 3.05) is 11.9 Å². The minimum absolute atomic E-state index is 0.0352. The molecule has 1 aromatic carbocycles. The van der Waals surface area contributed by atoms with E-state index in [1.165, 1.54) is 0 Å². The average molecular weight is 271 g/mol. The highest BCUT2D eigenvalue weighted by atomic mass is 16.5. The summed E-state index contributed by atoms with van der Waals surface area (Å²) in [6, 6.07) is 9.78. The minimum Gasteiger partial charge on any atom is -0.385 e. The summed E-state index contributed by atoms with van der Waals surface area (Å²) in [4.78, 5) is 12.3. The topological polar surface area (TPSA) is 67.2 Å². The number of aryl methyl sites for hydroxylation is 1. The lowest BCUT2D eigenvalue weighted by molar-refractivity contribution is -0.123. The molecule has 5 nitrogen and oxygen atoms in total. The van der Waals surface area contributed by atoms with Gasteiger partial charge in [-0.05, 0) is 25.0 Å². The van der Waals surface area contributed by atoms with Crippen molar-refractivity contribution in [2.45, 2.75) is 25.8 Å². The third-order valence-electron chi connectivity index (χ3n) is 3.51. The molecule has 2 aromatic rings. The van der Waals surface area contributed by atoms with E-state index in [1.807, 2.05) is 37.3 Å². The van der Waals surface area contributed by atoms with E-state index in [2.05, 4.69) is 15.8 Å². The largest absolute Gasteiger partial charge is 0.385 e. The van der Waals surface area contributed by atoms with Crippen molar-refractivity contribution in [2.24, 2.45) is 0 Å². The van der Waals surface area contributed by atoms with Gasteiger partial charge in [0.15, 0.2) is 5.76 Å². The average Bonchev–Trinajstić information content (AvgIpc) is 2.90. The number of rotatable bonds is 3. The van der Waals surface area contributed by atoms with Gasteiger partial charge in [-0.25, -0.2) is 0 Å². The van der Waals surface area contributed by atoms with Crippen molar-refractivity contribution in [3.05, 3.63) is 47.3 Å². The lowest BCUT2D eigenvalue weighted by Gasteiger charge is -2.25. The number of anilines is 1. The van der Waals surface area contributed by atoms with E-state index in [0.29, 0.717) is 12.3 Å². The maximum absolute atomic E-state index is 12.3. The molecule has 1 amide bonds. The SMILES string of the molecule is Cc1cc(CNC(=O)C2CCNc3ccccc32)on1. The zero-order valence-electron chi connectivity index (χ0n) is 11.3. The molecule has 1 aromatic heterocycles. The smallest absolute Gasteiger partial charge is 0.228 e. The van der Waals surface area contributed by atoms with Gasteiger partial charge in [0.05, 0.1) is 18.2 Å². The first-order valence-electron chi connectivity index (χ1n) is 6.77. The number of benzene rings is 1. The Morgan fingerprint density at radius 2 is 2.35 bits per heavy atom. The van der Waals surface area contributed by atoms with E-state index in [-0.39, 0.29) is 11.8 Å². The standard InChI is InChI=1S/C15H17N3O2/c1-10-8-11(20-18-10)9-17-15(19)13-6-7-16-14-5-3-2-4-12(13)14/h2-5,8,13,16H,6-7,9H2,1H3,(H,17,19). The predicted molar refractivity (Wildman–Crippen MR) is 75.4 cm³/mol. The number of hydrogen-bond acceptors (Lipinski definition) is 4. The van der Waals surface area contributed by atoms with Crippen LogP contribution in [0, 0.1) is 6.92 Å². The molecule has 0 bridgehead atoms. The summed E-state index contributed by atoms with van der Waals surface area (Å²) in [6.45, 7) is 3.06. The van der Waals surface area contributed by atoms with Crippen LogP contribution < -0.4 is 10.6 Å². The van der Waals surface area contributed by atoms with Crippen LogP contribution in [0.2, 0.25) is 0 Å². The number of amides is 1. The zero-order valence-corrected chi connectivity index (χ0v) is 11.3. The quantitative estimate of drug-likeness (QED) is 0.898. The highest BCUT2D eigenvalue weighted by Crippen LogP contribution is 2.31. The van der Waals surface area contributed by atoms with Gasteiger partial charge in [-0.2, -0.15) is 0 Å². The lowest BCUT2D eigenvalue weighted by atomic mass is 9.90. The summed E-state index contributed by atoms with van der Waals surface area (Å²) in [5.41, 5.74) is 2.93. The van der Waals surface area contributed by atoms with Gasteiger partial charge in [0.25, 0.3) is 0 Å². The van der Waals surface area contributed by atoms with Gasteiger partial charge in [0, 0.05) is 18.3 Å². The first-order chi connectivity index (χ1) is 9.74. The molecule has 1 atom stereocenters. The van der Waals surface area contributed by atoms with Crippen molar-refractivity contribution < 1.29 is 9.32 Å². The van der Waals surface area contributed by atoms with E-state index >= 15 is 0 Å². The van der Waals surface area contributed by atoms with Gasteiger partial charge in [0.1, 0.15) is 0 Å². The van der Waals surface area contributed by atoms with E-state index < -0.39 is 0 Å². The van der Waals surface area contributed by atoms with Gasteiger partial charge in [0.2, 0.25) is 5.91 Å². The fourth-order valence-corrected chi connectivity index (χ4v) is 2.54. The van der Waals surface area contributed by atoms with Crippen LogP contribution in [0.3, 0.4) is 0 Å². The third kappa shape index (κ3) is 2.52. The van der Waals surface area contributed by atoms with Crippen molar-refractivity contribution in [1.29, 1.82) is 0 Å². The number of aromatic nitrogens is 1. The summed E-state index contributed by atoms with van der Waals surface area (Å²) in [6.07, 6.45) is 0.804. The third-order valence-corrected chi connectivity index (χ3v) is 3.51. The molecule has 1 aliphatic heterocycles. The normalized spacial score (nSPS) is 17.1. The maximum atomic E-state index is 12.3. The maximum Gasteiger partial charge on any atom is 0.228 e. The number of nitrogens with zero attached hydrogens (tertiary/aromatic N) is 1.